The molecule has 138 valence electrons. The van der Waals surface area contributed by atoms with Crippen LogP contribution in [0.5, 0.6) is 17.2 Å². The van der Waals surface area contributed by atoms with E-state index in [0.29, 0.717) is 28.4 Å². The molecule has 1 aromatic heterocycles. The molecule has 7 nitrogen and oxygen atoms in total. The first-order valence-corrected chi connectivity index (χ1v) is 8.69. The third-order valence-corrected chi connectivity index (χ3v) is 5.19. The summed E-state index contributed by atoms with van der Waals surface area (Å²) in [5, 5.41) is 10.5. The van der Waals surface area contributed by atoms with Crippen molar-refractivity contribution in [3.63, 3.8) is 0 Å². The number of nitrogens with zero attached hydrogens (tertiary/aromatic N) is 2. The molecular formula is C21H15N3O4. The van der Waals surface area contributed by atoms with Crippen molar-refractivity contribution >= 4 is 10.9 Å². The Hall–Kier alpha value is -3.92. The van der Waals surface area contributed by atoms with Gasteiger partial charge in [-0.2, -0.15) is 5.26 Å². The molecule has 1 atom stereocenters. The predicted octanol–water partition coefficient (Wildman–Crippen LogP) is 2.49. The zero-order valence-electron chi connectivity index (χ0n) is 14.9. The number of nitriles is 1. The molecule has 0 unspecified atom stereocenters. The molecule has 2 aliphatic heterocycles. The van der Waals surface area contributed by atoms with Gasteiger partial charge in [-0.25, -0.2) is 0 Å². The fourth-order valence-electron chi connectivity index (χ4n) is 3.85. The van der Waals surface area contributed by atoms with Crippen LogP contribution in [0, 0.1) is 11.3 Å². The van der Waals surface area contributed by atoms with E-state index in [2.05, 4.69) is 6.07 Å². The summed E-state index contributed by atoms with van der Waals surface area (Å²) >= 11 is 0. The van der Waals surface area contributed by atoms with Crippen LogP contribution in [0.25, 0.3) is 10.9 Å². The fraction of sp³-hybridized carbons (Fsp3) is 0.143. The molecule has 0 bridgehead atoms. The maximum Gasteiger partial charge on any atom is 0.258 e. The topological polar surface area (TPSA) is 99.5 Å². The number of hydrogen-bond donors (Lipinski definition) is 1. The van der Waals surface area contributed by atoms with Gasteiger partial charge in [0.25, 0.3) is 5.56 Å². The lowest BCUT2D eigenvalue weighted by Crippen LogP contribution is -2.31. The summed E-state index contributed by atoms with van der Waals surface area (Å²) in [5.74, 6) is 0.914. The Morgan fingerprint density at radius 3 is 2.79 bits per heavy atom. The molecule has 3 aromatic rings. The molecule has 0 saturated heterocycles. The highest BCUT2D eigenvalue weighted by molar-refractivity contribution is 5.88. The van der Waals surface area contributed by atoms with Gasteiger partial charge >= 0.3 is 0 Å². The van der Waals surface area contributed by atoms with Crippen LogP contribution in [0.1, 0.15) is 17.0 Å². The van der Waals surface area contributed by atoms with Crippen LogP contribution in [0.2, 0.25) is 0 Å². The Labute approximate surface area is 159 Å². The van der Waals surface area contributed by atoms with Crippen LogP contribution in [-0.2, 0) is 7.05 Å². The monoisotopic (exact) mass is 373 g/mol. The maximum atomic E-state index is 13.3. The van der Waals surface area contributed by atoms with Crippen molar-refractivity contribution in [1.82, 2.24) is 4.57 Å². The number of fused-ring (bicyclic) bond motifs is 4. The molecule has 3 heterocycles. The summed E-state index contributed by atoms with van der Waals surface area (Å²) in [6, 6.07) is 14.9. The van der Waals surface area contributed by atoms with E-state index in [0.717, 1.165) is 10.9 Å². The maximum absolute atomic E-state index is 13.3. The molecule has 0 fully saturated rings. The number of hydrogen-bond acceptors (Lipinski definition) is 6. The first-order chi connectivity index (χ1) is 13.6. The normalized spacial score (nSPS) is 17.2. The molecule has 0 radical (unpaired) electrons. The Kier molecular flexibility index (Phi) is 3.36. The van der Waals surface area contributed by atoms with Crippen molar-refractivity contribution in [2.24, 2.45) is 12.8 Å². The van der Waals surface area contributed by atoms with E-state index in [4.69, 9.17) is 19.9 Å². The molecule has 0 spiro atoms. The lowest BCUT2D eigenvalue weighted by molar-refractivity contribution is 0.174. The highest BCUT2D eigenvalue weighted by Gasteiger charge is 2.35. The van der Waals surface area contributed by atoms with Gasteiger partial charge in [-0.1, -0.05) is 18.2 Å². The van der Waals surface area contributed by atoms with Crippen LogP contribution in [0.4, 0.5) is 0 Å². The molecule has 0 aliphatic carbocycles. The zero-order valence-corrected chi connectivity index (χ0v) is 14.9. The van der Waals surface area contributed by atoms with Crippen LogP contribution in [-0.4, -0.2) is 11.4 Å². The van der Waals surface area contributed by atoms with Crippen LogP contribution >= 0.6 is 0 Å². The van der Waals surface area contributed by atoms with E-state index in [1.807, 2.05) is 30.3 Å². The van der Waals surface area contributed by atoms with E-state index in [1.54, 1.807) is 23.7 Å². The van der Waals surface area contributed by atoms with E-state index < -0.39 is 5.92 Å². The van der Waals surface area contributed by atoms with E-state index >= 15 is 0 Å². The van der Waals surface area contributed by atoms with Gasteiger partial charge in [-0.15, -0.1) is 0 Å². The van der Waals surface area contributed by atoms with Crippen molar-refractivity contribution in [2.75, 3.05) is 6.79 Å². The van der Waals surface area contributed by atoms with Gasteiger partial charge < -0.3 is 24.5 Å². The first kappa shape index (κ1) is 16.3. The lowest BCUT2D eigenvalue weighted by Gasteiger charge is -2.27. The predicted molar refractivity (Wildman–Crippen MR) is 101 cm³/mol. The van der Waals surface area contributed by atoms with E-state index in [9.17, 15) is 10.1 Å². The minimum Gasteiger partial charge on any atom is -0.454 e. The second-order valence-electron chi connectivity index (χ2n) is 6.66. The number of nitrogens with two attached hydrogens (primary N) is 1. The van der Waals surface area contributed by atoms with Crippen molar-refractivity contribution in [3.05, 3.63) is 75.4 Å². The molecule has 7 heteroatoms. The Balaban J connectivity index is 1.85. The average molecular weight is 373 g/mol. The SMILES string of the molecule is Cn1c(=O)c2c(c3ccccc31)OC(N)=C(C#N)[C@H]2c1ccc2c(c1)OCO2. The van der Waals surface area contributed by atoms with Crippen molar-refractivity contribution in [2.45, 2.75) is 5.92 Å². The summed E-state index contributed by atoms with van der Waals surface area (Å²) in [5.41, 5.74) is 7.86. The van der Waals surface area contributed by atoms with Crippen molar-refractivity contribution in [1.29, 1.82) is 5.26 Å². The summed E-state index contributed by atoms with van der Waals surface area (Å²) in [7, 11) is 1.70. The van der Waals surface area contributed by atoms with Gasteiger partial charge in [0.05, 0.1) is 17.0 Å². The second kappa shape index (κ2) is 5.79. The summed E-state index contributed by atoms with van der Waals surface area (Å²) in [6.45, 7) is 0.138. The first-order valence-electron chi connectivity index (χ1n) is 8.69. The third kappa shape index (κ3) is 2.12. The number of aryl methyl sites for hydroxylation is 1. The fourth-order valence-corrected chi connectivity index (χ4v) is 3.85. The molecule has 0 amide bonds. The summed E-state index contributed by atoms with van der Waals surface area (Å²) in [4.78, 5) is 13.3. The van der Waals surface area contributed by atoms with Gasteiger partial charge in [-0.3, -0.25) is 4.79 Å². The van der Waals surface area contributed by atoms with Crippen LogP contribution in [0.3, 0.4) is 0 Å². The average Bonchev–Trinajstić information content (AvgIpc) is 3.19. The number of benzene rings is 2. The Bertz CT molecular complexity index is 1280. The van der Waals surface area contributed by atoms with Crippen LogP contribution < -0.4 is 25.5 Å². The Morgan fingerprint density at radius 1 is 1.18 bits per heavy atom. The van der Waals surface area contributed by atoms with Gasteiger partial charge in [0.2, 0.25) is 12.7 Å². The summed E-state index contributed by atoms with van der Waals surface area (Å²) < 4.78 is 18.2. The third-order valence-electron chi connectivity index (χ3n) is 5.19. The highest BCUT2D eigenvalue weighted by Crippen LogP contribution is 2.45. The lowest BCUT2D eigenvalue weighted by atomic mass is 9.83. The zero-order chi connectivity index (χ0) is 19.4. The minimum absolute atomic E-state index is 0.00364. The highest BCUT2D eigenvalue weighted by atomic mass is 16.7. The number of rotatable bonds is 1. The Morgan fingerprint density at radius 2 is 1.96 bits per heavy atom. The number of para-hydroxylation sites is 1. The summed E-state index contributed by atoms with van der Waals surface area (Å²) in [6.07, 6.45) is 0. The van der Waals surface area contributed by atoms with Gasteiger partial charge in [0, 0.05) is 12.4 Å². The van der Waals surface area contributed by atoms with Crippen molar-refractivity contribution < 1.29 is 14.2 Å². The molecular weight excluding hydrogens is 358 g/mol. The number of pyridine rings is 1. The van der Waals surface area contributed by atoms with Gasteiger partial charge in [0.1, 0.15) is 17.4 Å². The minimum atomic E-state index is -0.661. The standard InChI is InChI=1S/C21H15N3O4/c1-24-14-5-3-2-4-12(14)19-18(21(24)25)17(13(9-22)20(23)28-19)11-6-7-15-16(8-11)27-10-26-15/h2-8,17H,10,23H2,1H3/t17-/m1/s1. The smallest absolute Gasteiger partial charge is 0.258 e. The molecule has 2 aromatic carbocycles. The molecule has 0 saturated carbocycles. The van der Waals surface area contributed by atoms with E-state index in [1.165, 1.54) is 0 Å². The van der Waals surface area contributed by atoms with Crippen LogP contribution in [0.15, 0.2) is 58.7 Å². The van der Waals surface area contributed by atoms with Crippen molar-refractivity contribution in [3.8, 4) is 23.3 Å². The number of aromatic nitrogens is 1. The number of ether oxygens (including phenoxy) is 3. The molecule has 28 heavy (non-hydrogen) atoms. The van der Waals surface area contributed by atoms with E-state index in [-0.39, 0.29) is 23.8 Å². The van der Waals surface area contributed by atoms with Gasteiger partial charge in [0.15, 0.2) is 11.5 Å². The quantitative estimate of drug-likeness (QED) is 0.703. The molecule has 5 rings (SSSR count). The molecule has 2 aliphatic rings. The molecule has 2 N–H and O–H groups in total. The van der Waals surface area contributed by atoms with Gasteiger partial charge in [-0.05, 0) is 29.8 Å². The largest absolute Gasteiger partial charge is 0.454 e. The second-order valence-corrected chi connectivity index (χ2v) is 6.66. The number of allylic oxidation sites excluding steroid dienone is 1.